The molecule has 1 saturated carbocycles. The summed E-state index contributed by atoms with van der Waals surface area (Å²) in [6.45, 7) is 2.79. The van der Waals surface area contributed by atoms with Crippen molar-refractivity contribution >= 4 is 39.0 Å². The van der Waals surface area contributed by atoms with E-state index in [-0.39, 0.29) is 0 Å². The molecule has 0 radical (unpaired) electrons. The van der Waals surface area contributed by atoms with Crippen LogP contribution in [0.25, 0.3) is 10.9 Å². The van der Waals surface area contributed by atoms with E-state index in [1.807, 2.05) is 35.4 Å². The van der Waals surface area contributed by atoms with E-state index in [2.05, 4.69) is 22.1 Å². The van der Waals surface area contributed by atoms with Gasteiger partial charge < -0.3 is 16.1 Å². The van der Waals surface area contributed by atoms with Crippen LogP contribution in [0.3, 0.4) is 0 Å². The molecule has 0 amide bonds. The lowest BCUT2D eigenvalue weighted by atomic mass is 9.89. The van der Waals surface area contributed by atoms with Gasteiger partial charge in [-0.1, -0.05) is 37.5 Å². The van der Waals surface area contributed by atoms with Gasteiger partial charge in [-0.3, -0.25) is 14.9 Å². The third-order valence-electron chi connectivity index (χ3n) is 5.14. The van der Waals surface area contributed by atoms with Crippen molar-refractivity contribution in [2.75, 3.05) is 11.4 Å². The summed E-state index contributed by atoms with van der Waals surface area (Å²) in [6, 6.07) is 10.2. The number of aromatic nitrogens is 2. The van der Waals surface area contributed by atoms with Gasteiger partial charge in [0.1, 0.15) is 0 Å². The third-order valence-corrected chi connectivity index (χ3v) is 5.90. The van der Waals surface area contributed by atoms with Crippen LogP contribution in [0.2, 0.25) is 0 Å². The highest BCUT2D eigenvalue weighted by molar-refractivity contribution is 7.13. The smallest absolute Gasteiger partial charge is 0.291 e. The van der Waals surface area contributed by atoms with Crippen molar-refractivity contribution in [1.29, 1.82) is 0 Å². The molecule has 1 aliphatic carbocycles. The second-order valence-electron chi connectivity index (χ2n) is 7.63. The minimum atomic E-state index is -1.50. The van der Waals surface area contributed by atoms with Gasteiger partial charge in [-0.15, -0.1) is 31.6 Å². The van der Waals surface area contributed by atoms with Crippen molar-refractivity contribution < 1.29 is 20.6 Å². The number of thiazole rings is 1. The fourth-order valence-electron chi connectivity index (χ4n) is 3.78. The summed E-state index contributed by atoms with van der Waals surface area (Å²) in [4.78, 5) is 32.6. The first-order chi connectivity index (χ1) is 16.7. The monoisotopic (exact) mass is 505 g/mol. The van der Waals surface area contributed by atoms with E-state index in [1.54, 1.807) is 17.5 Å². The topological polar surface area (TPSA) is 194 Å². The number of hydrogen-bond donors (Lipinski definition) is 3. The van der Waals surface area contributed by atoms with Gasteiger partial charge in [-0.2, -0.15) is 0 Å². The summed E-state index contributed by atoms with van der Waals surface area (Å²) in [5, 5.41) is 31.1. The van der Waals surface area contributed by atoms with Crippen molar-refractivity contribution in [3.05, 3.63) is 67.8 Å². The average molecular weight is 506 g/mol. The minimum Gasteiger partial charge on any atom is -0.369 e. The Morgan fingerprint density at radius 3 is 2.43 bits per heavy atom. The van der Waals surface area contributed by atoms with E-state index in [0.717, 1.165) is 34.0 Å². The van der Waals surface area contributed by atoms with Gasteiger partial charge in [-0.25, -0.2) is 4.98 Å². The molecule has 1 fully saturated rings. The van der Waals surface area contributed by atoms with E-state index in [4.69, 9.17) is 41.4 Å². The zero-order chi connectivity index (χ0) is 25.8. The molecule has 3 aromatic rings. The minimum absolute atomic E-state index is 0.506. The zero-order valence-electron chi connectivity index (χ0n) is 19.1. The second kappa shape index (κ2) is 13.6. The molecule has 35 heavy (non-hydrogen) atoms. The molecule has 1 aromatic carbocycles. The normalized spacial score (nSPS) is 13.7. The van der Waals surface area contributed by atoms with Crippen LogP contribution in [0.1, 0.15) is 37.8 Å². The lowest BCUT2D eigenvalue weighted by molar-refractivity contribution is -0.742. The molecule has 0 atom stereocenters. The Balaban J connectivity index is 0.000000473. The number of benzene rings is 1. The van der Waals surface area contributed by atoms with Crippen LogP contribution >= 0.6 is 11.3 Å². The molecule has 0 aliphatic heterocycles. The molecule has 0 saturated heterocycles. The van der Waals surface area contributed by atoms with Gasteiger partial charge >= 0.3 is 0 Å². The first-order valence-corrected chi connectivity index (χ1v) is 11.6. The van der Waals surface area contributed by atoms with E-state index in [0.29, 0.717) is 11.9 Å². The van der Waals surface area contributed by atoms with E-state index < -0.39 is 10.2 Å². The van der Waals surface area contributed by atoms with Crippen molar-refractivity contribution in [2.45, 2.75) is 39.0 Å². The first kappa shape index (κ1) is 27.2. The van der Waals surface area contributed by atoms with E-state index >= 15 is 0 Å². The predicted molar refractivity (Wildman–Crippen MR) is 131 cm³/mol. The predicted octanol–water partition coefficient (Wildman–Crippen LogP) is 4.34. The van der Waals surface area contributed by atoms with Crippen LogP contribution in [0.4, 0.5) is 10.8 Å². The van der Waals surface area contributed by atoms with Crippen molar-refractivity contribution in [1.82, 2.24) is 9.97 Å². The van der Waals surface area contributed by atoms with Gasteiger partial charge in [0.15, 0.2) is 5.13 Å². The number of aryl methyl sites for hydroxylation is 1. The number of anilines is 2. The Morgan fingerprint density at radius 1 is 1.20 bits per heavy atom. The van der Waals surface area contributed by atoms with Crippen molar-refractivity contribution in [3.8, 4) is 0 Å². The van der Waals surface area contributed by atoms with Gasteiger partial charge in [0, 0.05) is 29.2 Å². The highest BCUT2D eigenvalue weighted by Gasteiger charge is 2.20. The van der Waals surface area contributed by atoms with E-state index in [1.165, 1.54) is 32.1 Å². The number of hydrogen-bond acceptors (Lipinski definition) is 8. The largest absolute Gasteiger partial charge is 0.369 e. The molecule has 13 nitrogen and oxygen atoms in total. The molecule has 4 rings (SSSR count). The molecule has 14 heteroatoms. The van der Waals surface area contributed by atoms with Crippen LogP contribution < -0.4 is 10.6 Å². The summed E-state index contributed by atoms with van der Waals surface area (Å²) < 4.78 is 0. The highest BCUT2D eigenvalue weighted by Crippen LogP contribution is 2.33. The summed E-state index contributed by atoms with van der Waals surface area (Å²) >= 11 is 1.56. The number of pyridine rings is 1. The number of nitrogens with two attached hydrogens (primary N) is 1. The fraction of sp³-hybridized carbons (Fsp3) is 0.381. The molecular weight excluding hydrogens is 478 g/mol. The molecule has 0 unspecified atom stereocenters. The fourth-order valence-corrected chi connectivity index (χ4v) is 4.45. The maximum atomic E-state index is 8.36. The highest BCUT2D eigenvalue weighted by atomic mass is 32.1. The molecule has 0 bridgehead atoms. The van der Waals surface area contributed by atoms with Crippen molar-refractivity contribution in [2.24, 2.45) is 16.6 Å². The van der Waals surface area contributed by atoms with Crippen molar-refractivity contribution in [3.63, 3.8) is 0 Å². The Kier molecular flexibility index (Phi) is 10.6. The van der Waals surface area contributed by atoms with Crippen LogP contribution in [0.5, 0.6) is 0 Å². The maximum absolute atomic E-state index is 8.36. The Bertz CT molecular complexity index is 1120. The second-order valence-corrected chi connectivity index (χ2v) is 8.50. The van der Waals surface area contributed by atoms with Crippen LogP contribution in [0.15, 0.2) is 46.9 Å². The number of aliphatic imine (C=N–C) groups is 1. The molecular formula is C21H27N7O6S. The molecule has 1 aliphatic rings. The number of rotatable bonds is 4. The van der Waals surface area contributed by atoms with Gasteiger partial charge in [0.25, 0.3) is 10.2 Å². The van der Waals surface area contributed by atoms with Gasteiger partial charge in [0.2, 0.25) is 5.96 Å². The molecule has 188 valence electrons. The Labute approximate surface area is 204 Å². The summed E-state index contributed by atoms with van der Waals surface area (Å²) in [6.07, 6.45) is 8.28. The van der Waals surface area contributed by atoms with E-state index in [9.17, 15) is 0 Å². The summed E-state index contributed by atoms with van der Waals surface area (Å²) in [5.41, 5.74) is 9.41. The standard InChI is InChI=1S/C21H25N5S.2HNO3/c1-15-13-19(17-9-5-6-10-18(17)25-15)26(21-23-11-12-27-21)20(22)24-14-16-7-3-2-4-8-16;2*2-1(3)4/h5-6,9-13,16H,2-4,7-8,14H2,1H3,(H2,22,24);2*(H,2,3,4). The average Bonchev–Trinajstić information content (AvgIpc) is 3.32. The number of fused-ring (bicyclic) bond motifs is 1. The van der Waals surface area contributed by atoms with Crippen LogP contribution in [-0.4, -0.2) is 43.1 Å². The number of para-hydroxylation sites is 1. The summed E-state index contributed by atoms with van der Waals surface area (Å²) in [7, 11) is 0. The molecule has 4 N–H and O–H groups in total. The van der Waals surface area contributed by atoms with Gasteiger partial charge in [0.05, 0.1) is 11.2 Å². The lowest BCUT2D eigenvalue weighted by Gasteiger charge is -2.24. The lowest BCUT2D eigenvalue weighted by Crippen LogP contribution is -2.34. The SMILES string of the molecule is Cc1cc(N(C(N)=NCC2CCCCC2)c2nccs2)c2ccccc2n1.O=[N+]([O-])O.O=[N+]([O-])O. The molecule has 0 spiro atoms. The third kappa shape index (κ3) is 9.00. The maximum Gasteiger partial charge on any atom is 0.291 e. The Hall–Kier alpha value is -4.07. The first-order valence-electron chi connectivity index (χ1n) is 10.7. The number of nitrogens with zero attached hydrogens (tertiary/aromatic N) is 6. The number of guanidine groups is 1. The van der Waals surface area contributed by atoms with Crippen LogP contribution in [0, 0.1) is 33.1 Å². The molecule has 2 heterocycles. The summed E-state index contributed by atoms with van der Waals surface area (Å²) in [5.74, 6) is 1.15. The quantitative estimate of drug-likeness (QED) is 0.199. The van der Waals surface area contributed by atoms with Crippen LogP contribution in [-0.2, 0) is 0 Å². The van der Waals surface area contributed by atoms with Gasteiger partial charge in [-0.05, 0) is 37.8 Å². The molecule has 2 aromatic heterocycles. The zero-order valence-corrected chi connectivity index (χ0v) is 19.9. The Morgan fingerprint density at radius 2 is 1.83 bits per heavy atom.